The van der Waals surface area contributed by atoms with Crippen molar-refractivity contribution in [3.63, 3.8) is 0 Å². The summed E-state index contributed by atoms with van der Waals surface area (Å²) < 4.78 is 40.6. The lowest BCUT2D eigenvalue weighted by atomic mass is 10.1. The number of rotatable bonds is 5. The summed E-state index contributed by atoms with van der Waals surface area (Å²) >= 11 is 7.29. The predicted molar refractivity (Wildman–Crippen MR) is 118 cm³/mol. The first-order chi connectivity index (χ1) is 15.6. The van der Waals surface area contributed by atoms with E-state index >= 15 is 0 Å². The van der Waals surface area contributed by atoms with E-state index in [0.29, 0.717) is 10.6 Å². The molecule has 0 spiro atoms. The van der Waals surface area contributed by atoms with Crippen molar-refractivity contribution in [3.05, 3.63) is 81.9 Å². The van der Waals surface area contributed by atoms with E-state index in [9.17, 15) is 18.0 Å². The van der Waals surface area contributed by atoms with Crippen LogP contribution in [0.1, 0.15) is 32.9 Å². The molecule has 0 unspecified atom stereocenters. The maximum atomic E-state index is 13.1. The SMILES string of the molecule is Cc1ccc(Sc2ncccc2C(=O)NCc2nnc3c(Cl)cc(C(F)(F)F)cn23)cc1C. The van der Waals surface area contributed by atoms with Crippen molar-refractivity contribution in [1.29, 1.82) is 0 Å². The Morgan fingerprint density at radius 3 is 2.67 bits per heavy atom. The second kappa shape index (κ2) is 9.03. The predicted octanol–water partition coefficient (Wildman–Crippen LogP) is 5.49. The van der Waals surface area contributed by atoms with E-state index in [1.807, 2.05) is 32.0 Å². The van der Waals surface area contributed by atoms with Gasteiger partial charge in [0.2, 0.25) is 0 Å². The average Bonchev–Trinajstić information content (AvgIpc) is 3.18. The number of carbonyl (C=O) groups is 1. The molecule has 1 aromatic carbocycles. The van der Waals surface area contributed by atoms with Gasteiger partial charge in [0.25, 0.3) is 5.91 Å². The van der Waals surface area contributed by atoms with Gasteiger partial charge in [0, 0.05) is 17.3 Å². The number of nitrogens with one attached hydrogen (secondary N) is 1. The first-order valence-corrected chi connectivity index (χ1v) is 10.9. The zero-order chi connectivity index (χ0) is 23.8. The average molecular weight is 492 g/mol. The Balaban J connectivity index is 1.56. The molecule has 1 amide bonds. The molecule has 170 valence electrons. The van der Waals surface area contributed by atoms with Crippen LogP contribution in [0.4, 0.5) is 13.2 Å². The highest BCUT2D eigenvalue weighted by molar-refractivity contribution is 7.99. The van der Waals surface area contributed by atoms with E-state index in [0.717, 1.165) is 32.7 Å². The van der Waals surface area contributed by atoms with Gasteiger partial charge in [-0.2, -0.15) is 13.2 Å². The number of carbonyl (C=O) groups excluding carboxylic acids is 1. The Kier molecular flexibility index (Phi) is 6.31. The minimum atomic E-state index is -4.58. The third-order valence-electron chi connectivity index (χ3n) is 4.97. The van der Waals surface area contributed by atoms with Crippen LogP contribution in [0, 0.1) is 13.8 Å². The van der Waals surface area contributed by atoms with Crippen molar-refractivity contribution in [2.75, 3.05) is 0 Å². The fraction of sp³-hybridized carbons (Fsp3) is 0.182. The second-order valence-electron chi connectivity index (χ2n) is 7.27. The lowest BCUT2D eigenvalue weighted by Crippen LogP contribution is -2.25. The van der Waals surface area contributed by atoms with Crippen LogP contribution in [0.15, 0.2) is 58.7 Å². The molecule has 0 aliphatic heterocycles. The summed E-state index contributed by atoms with van der Waals surface area (Å²) in [6, 6.07) is 10.0. The van der Waals surface area contributed by atoms with Crippen molar-refractivity contribution in [2.45, 2.75) is 36.5 Å². The molecule has 0 atom stereocenters. The summed E-state index contributed by atoms with van der Waals surface area (Å²) in [4.78, 5) is 18.1. The van der Waals surface area contributed by atoms with Gasteiger partial charge in [-0.05, 0) is 55.3 Å². The monoisotopic (exact) mass is 491 g/mol. The molecule has 0 radical (unpaired) electrons. The molecule has 0 aliphatic rings. The quantitative estimate of drug-likeness (QED) is 0.399. The molecule has 3 aromatic heterocycles. The zero-order valence-electron chi connectivity index (χ0n) is 17.4. The fourth-order valence-corrected chi connectivity index (χ4v) is 4.29. The van der Waals surface area contributed by atoms with Crippen molar-refractivity contribution >= 4 is 34.9 Å². The number of hydrogen-bond donors (Lipinski definition) is 1. The van der Waals surface area contributed by atoms with E-state index in [-0.39, 0.29) is 23.0 Å². The smallest absolute Gasteiger partial charge is 0.345 e. The summed E-state index contributed by atoms with van der Waals surface area (Å²) in [7, 11) is 0. The normalized spacial score (nSPS) is 11.7. The Labute approximate surface area is 196 Å². The van der Waals surface area contributed by atoms with Gasteiger partial charge >= 0.3 is 6.18 Å². The minimum absolute atomic E-state index is 0.0706. The van der Waals surface area contributed by atoms with Gasteiger partial charge in [-0.25, -0.2) is 4.98 Å². The summed E-state index contributed by atoms with van der Waals surface area (Å²) in [6.07, 6.45) is -2.14. The molecular weight excluding hydrogens is 475 g/mol. The first-order valence-electron chi connectivity index (χ1n) is 9.72. The zero-order valence-corrected chi connectivity index (χ0v) is 19.0. The van der Waals surface area contributed by atoms with Gasteiger partial charge in [-0.3, -0.25) is 9.20 Å². The third-order valence-corrected chi connectivity index (χ3v) is 6.26. The Morgan fingerprint density at radius 1 is 1.15 bits per heavy atom. The summed E-state index contributed by atoms with van der Waals surface area (Å²) in [6.45, 7) is 3.87. The van der Waals surface area contributed by atoms with Gasteiger partial charge in [0.15, 0.2) is 11.5 Å². The van der Waals surface area contributed by atoms with Crippen molar-refractivity contribution < 1.29 is 18.0 Å². The number of amides is 1. The number of pyridine rings is 2. The number of nitrogens with zero attached hydrogens (tertiary/aromatic N) is 4. The molecule has 0 aliphatic carbocycles. The number of fused-ring (bicyclic) bond motifs is 1. The molecule has 0 bridgehead atoms. The highest BCUT2D eigenvalue weighted by atomic mass is 35.5. The Bertz CT molecular complexity index is 1360. The molecule has 4 rings (SSSR count). The van der Waals surface area contributed by atoms with Gasteiger partial charge in [0.1, 0.15) is 5.03 Å². The lowest BCUT2D eigenvalue weighted by Gasteiger charge is -2.11. The van der Waals surface area contributed by atoms with Gasteiger partial charge in [-0.15, -0.1) is 10.2 Å². The highest BCUT2D eigenvalue weighted by Gasteiger charge is 2.32. The van der Waals surface area contributed by atoms with Crippen LogP contribution in [-0.4, -0.2) is 25.5 Å². The first kappa shape index (κ1) is 23.1. The minimum Gasteiger partial charge on any atom is -0.345 e. The van der Waals surface area contributed by atoms with E-state index in [4.69, 9.17) is 11.6 Å². The molecule has 4 aromatic rings. The van der Waals surface area contributed by atoms with E-state index < -0.39 is 17.6 Å². The number of benzene rings is 1. The molecule has 6 nitrogen and oxygen atoms in total. The van der Waals surface area contributed by atoms with Gasteiger partial charge < -0.3 is 5.32 Å². The number of alkyl halides is 3. The third kappa shape index (κ3) is 4.96. The van der Waals surface area contributed by atoms with Crippen LogP contribution in [0.3, 0.4) is 0 Å². The summed E-state index contributed by atoms with van der Waals surface area (Å²) in [5, 5.41) is 10.7. The Hall–Kier alpha value is -3.11. The molecule has 1 N–H and O–H groups in total. The molecule has 11 heteroatoms. The molecule has 3 heterocycles. The maximum Gasteiger partial charge on any atom is 0.417 e. The number of halogens is 4. The van der Waals surface area contributed by atoms with Gasteiger partial charge in [0.05, 0.1) is 22.7 Å². The summed E-state index contributed by atoms with van der Waals surface area (Å²) in [5.41, 5.74) is 1.75. The van der Waals surface area contributed by atoms with E-state index in [1.54, 1.807) is 18.3 Å². The van der Waals surface area contributed by atoms with Crippen LogP contribution >= 0.6 is 23.4 Å². The van der Waals surface area contributed by atoms with E-state index in [2.05, 4.69) is 20.5 Å². The number of hydrogen-bond acceptors (Lipinski definition) is 5. The molecule has 0 fully saturated rings. The molecular formula is C22H17ClF3N5OS. The van der Waals surface area contributed by atoms with Crippen molar-refractivity contribution in [1.82, 2.24) is 24.9 Å². The van der Waals surface area contributed by atoms with Gasteiger partial charge in [-0.1, -0.05) is 29.4 Å². The standard InChI is InChI=1S/C22H17ClF3N5OS/c1-12-5-6-15(8-13(12)2)33-21-16(4-3-7-27-21)20(32)28-10-18-29-30-19-17(23)9-14(11-31(18)19)22(24,25)26/h3-9,11H,10H2,1-2H3,(H,28,32). The van der Waals surface area contributed by atoms with Crippen LogP contribution in [0.5, 0.6) is 0 Å². The number of aryl methyl sites for hydroxylation is 2. The highest BCUT2D eigenvalue weighted by Crippen LogP contribution is 2.32. The van der Waals surface area contributed by atoms with Crippen LogP contribution in [0.2, 0.25) is 5.02 Å². The molecule has 0 saturated heterocycles. The van der Waals surface area contributed by atoms with Crippen LogP contribution < -0.4 is 5.32 Å². The fourth-order valence-electron chi connectivity index (χ4n) is 3.06. The largest absolute Gasteiger partial charge is 0.417 e. The molecule has 33 heavy (non-hydrogen) atoms. The maximum absolute atomic E-state index is 13.1. The summed E-state index contributed by atoms with van der Waals surface area (Å²) in [5.74, 6) is -0.331. The number of aromatic nitrogens is 4. The topological polar surface area (TPSA) is 72.2 Å². The lowest BCUT2D eigenvalue weighted by molar-refractivity contribution is -0.137. The van der Waals surface area contributed by atoms with E-state index in [1.165, 1.54) is 11.8 Å². The van der Waals surface area contributed by atoms with Crippen molar-refractivity contribution in [2.24, 2.45) is 0 Å². The van der Waals surface area contributed by atoms with Crippen molar-refractivity contribution in [3.8, 4) is 0 Å². The van der Waals surface area contributed by atoms with Crippen LogP contribution in [-0.2, 0) is 12.7 Å². The second-order valence-corrected chi connectivity index (χ2v) is 8.74. The molecule has 0 saturated carbocycles. The van der Waals surface area contributed by atoms with Crippen LogP contribution in [0.25, 0.3) is 5.65 Å². The Morgan fingerprint density at radius 2 is 1.94 bits per heavy atom.